The molecule has 0 aromatic heterocycles. The lowest BCUT2D eigenvalue weighted by Crippen LogP contribution is -2.69. The summed E-state index contributed by atoms with van der Waals surface area (Å²) in [5.41, 5.74) is 2.12. The minimum absolute atomic E-state index is 0.323. The van der Waals surface area contributed by atoms with Crippen molar-refractivity contribution in [2.75, 3.05) is 31.6 Å². The summed E-state index contributed by atoms with van der Waals surface area (Å²) in [6.45, 7) is 2.80. The van der Waals surface area contributed by atoms with Crippen molar-refractivity contribution in [3.05, 3.63) is 29.8 Å². The lowest BCUT2D eigenvalue weighted by molar-refractivity contribution is -0.125. The van der Waals surface area contributed by atoms with Gasteiger partial charge in [-0.05, 0) is 44.2 Å². The molecule has 4 fully saturated rings. The molecule has 0 amide bonds. The Bertz CT molecular complexity index is 840. The Balaban J connectivity index is 1.25. The van der Waals surface area contributed by atoms with E-state index in [2.05, 4.69) is 32.7 Å². The van der Waals surface area contributed by atoms with Crippen molar-refractivity contribution in [1.29, 1.82) is 5.26 Å². The van der Waals surface area contributed by atoms with Gasteiger partial charge in [0.1, 0.15) is 6.07 Å². The number of aliphatic imine (C=N–C) groups is 1. The molecule has 2 aliphatic carbocycles. The van der Waals surface area contributed by atoms with Crippen LogP contribution in [-0.4, -0.2) is 50.9 Å². The van der Waals surface area contributed by atoms with Gasteiger partial charge in [0.2, 0.25) is 0 Å². The Kier molecular flexibility index (Phi) is 5.32. The zero-order valence-corrected chi connectivity index (χ0v) is 17.9. The Morgan fingerprint density at radius 1 is 1.20 bits per heavy atom. The van der Waals surface area contributed by atoms with E-state index in [1.165, 1.54) is 32.1 Å². The highest BCUT2D eigenvalue weighted by Gasteiger charge is 2.65. The van der Waals surface area contributed by atoms with Crippen LogP contribution in [0.1, 0.15) is 50.5 Å². The summed E-state index contributed by atoms with van der Waals surface area (Å²) in [5.74, 6) is 1.56. The molecule has 5 rings (SSSR count). The molecule has 2 saturated carbocycles. The quantitative estimate of drug-likeness (QED) is 0.595. The van der Waals surface area contributed by atoms with Crippen LogP contribution in [-0.2, 0) is 4.74 Å². The molecule has 6 heteroatoms. The number of nitrogens with one attached hydrogen (secondary N) is 2. The second-order valence-electron chi connectivity index (χ2n) is 9.44. The third-order valence-electron chi connectivity index (χ3n) is 7.93. The second-order valence-corrected chi connectivity index (χ2v) is 9.44. The number of anilines is 1. The van der Waals surface area contributed by atoms with Crippen LogP contribution < -0.4 is 15.5 Å². The number of hydrogen-bond donors (Lipinski definition) is 2. The van der Waals surface area contributed by atoms with Crippen molar-refractivity contribution in [1.82, 2.24) is 10.6 Å². The molecule has 4 atom stereocenters. The van der Waals surface area contributed by atoms with Gasteiger partial charge in [-0.1, -0.05) is 25.0 Å². The highest BCUT2D eigenvalue weighted by atomic mass is 16.5. The van der Waals surface area contributed by atoms with Gasteiger partial charge in [0, 0.05) is 50.2 Å². The highest BCUT2D eigenvalue weighted by Crippen LogP contribution is 2.60. The zero-order valence-electron chi connectivity index (χ0n) is 17.9. The van der Waals surface area contributed by atoms with Crippen LogP contribution in [0.2, 0.25) is 0 Å². The molecule has 6 nitrogen and oxygen atoms in total. The van der Waals surface area contributed by atoms with E-state index in [0.717, 1.165) is 49.7 Å². The third-order valence-corrected chi connectivity index (χ3v) is 7.93. The molecule has 0 bridgehead atoms. The van der Waals surface area contributed by atoms with Gasteiger partial charge in [0.15, 0.2) is 5.96 Å². The molecule has 4 aliphatic rings. The van der Waals surface area contributed by atoms with Crippen molar-refractivity contribution in [2.24, 2.45) is 16.3 Å². The smallest absolute Gasteiger partial charge is 0.191 e. The van der Waals surface area contributed by atoms with Gasteiger partial charge in [-0.15, -0.1) is 0 Å². The summed E-state index contributed by atoms with van der Waals surface area (Å²) in [6, 6.07) is 11.1. The minimum Gasteiger partial charge on any atom is -0.377 e. The first-order valence-electron chi connectivity index (χ1n) is 11.6. The lowest BCUT2D eigenvalue weighted by Gasteiger charge is -2.57. The summed E-state index contributed by atoms with van der Waals surface area (Å²) in [7, 11) is 1.88. The maximum Gasteiger partial charge on any atom is 0.191 e. The van der Waals surface area contributed by atoms with E-state index < -0.39 is 0 Å². The molecule has 2 N–H and O–H groups in total. The molecule has 2 aliphatic heterocycles. The van der Waals surface area contributed by atoms with E-state index >= 15 is 0 Å². The number of rotatable bonds is 3. The number of hydrogen-bond acceptors (Lipinski definition) is 4. The Hall–Kier alpha value is -2.26. The number of guanidine groups is 1. The molecule has 2 heterocycles. The minimum atomic E-state index is 0.323. The molecule has 1 aromatic rings. The van der Waals surface area contributed by atoms with Crippen LogP contribution in [0.5, 0.6) is 0 Å². The first-order chi connectivity index (χ1) is 14.7. The predicted octanol–water partition coefficient (Wildman–Crippen LogP) is 3.04. The van der Waals surface area contributed by atoms with E-state index in [1.807, 2.05) is 25.2 Å². The average Bonchev–Trinajstić information content (AvgIpc) is 3.46. The van der Waals surface area contributed by atoms with Crippen molar-refractivity contribution >= 4 is 11.6 Å². The van der Waals surface area contributed by atoms with Gasteiger partial charge in [0.05, 0.1) is 17.4 Å². The first-order valence-corrected chi connectivity index (χ1v) is 11.6. The molecule has 160 valence electrons. The summed E-state index contributed by atoms with van der Waals surface area (Å²) < 4.78 is 6.14. The number of benzene rings is 1. The van der Waals surface area contributed by atoms with Crippen molar-refractivity contribution in [2.45, 2.75) is 63.1 Å². The molecular formula is C24H33N5O. The zero-order chi connectivity index (χ0) is 20.6. The largest absolute Gasteiger partial charge is 0.377 e. The van der Waals surface area contributed by atoms with Crippen LogP contribution in [0.25, 0.3) is 0 Å². The van der Waals surface area contributed by atoms with Gasteiger partial charge >= 0.3 is 0 Å². The fraction of sp³-hybridized carbons (Fsp3) is 0.667. The Morgan fingerprint density at radius 3 is 2.83 bits per heavy atom. The normalized spacial score (nSPS) is 32.4. The molecule has 1 spiro atoms. The number of piperidine rings is 1. The standard InChI is InChI=1S/C24H33N5O/c1-26-23(28-21-19-10-14-30-22(19)24(21)11-4-5-12-24)27-18-8-6-13-29(16-18)20-9-3-2-7-17(20)15-25/h2-3,7,9,18-19,21-22H,4-6,8,10-14,16H2,1H3,(H2,26,27,28). The van der Waals surface area contributed by atoms with Crippen LogP contribution in [0.4, 0.5) is 5.69 Å². The van der Waals surface area contributed by atoms with Crippen molar-refractivity contribution in [3.8, 4) is 6.07 Å². The van der Waals surface area contributed by atoms with E-state index in [1.54, 1.807) is 0 Å². The highest BCUT2D eigenvalue weighted by molar-refractivity contribution is 5.81. The van der Waals surface area contributed by atoms with Crippen LogP contribution in [0, 0.1) is 22.7 Å². The van der Waals surface area contributed by atoms with E-state index in [9.17, 15) is 5.26 Å². The number of nitrogens with zero attached hydrogens (tertiary/aromatic N) is 3. The Labute approximate surface area is 179 Å². The topological polar surface area (TPSA) is 72.7 Å². The summed E-state index contributed by atoms with van der Waals surface area (Å²) in [5, 5.41) is 17.0. The second kappa shape index (κ2) is 8.11. The van der Waals surface area contributed by atoms with Crippen LogP contribution in [0.3, 0.4) is 0 Å². The third kappa shape index (κ3) is 3.24. The summed E-state index contributed by atoms with van der Waals surface area (Å²) in [6.07, 6.45) is 9.08. The summed E-state index contributed by atoms with van der Waals surface area (Å²) in [4.78, 5) is 6.93. The maximum absolute atomic E-state index is 9.48. The van der Waals surface area contributed by atoms with Gasteiger partial charge in [0.25, 0.3) is 0 Å². The monoisotopic (exact) mass is 407 g/mol. The summed E-state index contributed by atoms with van der Waals surface area (Å²) >= 11 is 0. The van der Waals surface area contributed by atoms with Gasteiger partial charge in [-0.2, -0.15) is 5.26 Å². The molecule has 2 saturated heterocycles. The molecule has 30 heavy (non-hydrogen) atoms. The molecule has 1 aromatic carbocycles. The van der Waals surface area contributed by atoms with Crippen molar-refractivity contribution < 1.29 is 4.74 Å². The fourth-order valence-electron chi connectivity index (χ4n) is 6.57. The molecular weight excluding hydrogens is 374 g/mol. The maximum atomic E-state index is 9.48. The number of nitriles is 1. The number of ether oxygens (including phenoxy) is 1. The SMILES string of the molecule is CN=C(NC1CCCN(c2ccccc2C#N)C1)NC1C2CCOC2C12CCCC2. The molecule has 0 radical (unpaired) electrons. The van der Waals surface area contributed by atoms with Crippen LogP contribution in [0.15, 0.2) is 29.3 Å². The van der Waals surface area contributed by atoms with Gasteiger partial charge < -0.3 is 20.3 Å². The van der Waals surface area contributed by atoms with Crippen molar-refractivity contribution in [3.63, 3.8) is 0 Å². The predicted molar refractivity (Wildman–Crippen MR) is 119 cm³/mol. The average molecular weight is 408 g/mol. The van der Waals surface area contributed by atoms with Gasteiger partial charge in [-0.3, -0.25) is 4.99 Å². The fourth-order valence-corrected chi connectivity index (χ4v) is 6.57. The van der Waals surface area contributed by atoms with Gasteiger partial charge in [-0.25, -0.2) is 0 Å². The van der Waals surface area contributed by atoms with E-state index in [4.69, 9.17) is 4.74 Å². The van der Waals surface area contributed by atoms with Crippen LogP contribution >= 0.6 is 0 Å². The molecule has 4 unspecified atom stereocenters. The number of para-hydroxylation sites is 1. The van der Waals surface area contributed by atoms with E-state index in [-0.39, 0.29) is 0 Å². The first kappa shape index (κ1) is 19.7. The Morgan fingerprint density at radius 2 is 2.03 bits per heavy atom. The van der Waals surface area contributed by atoms with E-state index in [0.29, 0.717) is 29.5 Å². The number of fused-ring (bicyclic) bond motifs is 2. The lowest BCUT2D eigenvalue weighted by atomic mass is 9.54.